The van der Waals surface area contributed by atoms with Crippen molar-refractivity contribution < 1.29 is 14.2 Å². The maximum absolute atomic E-state index is 5.45. The van der Waals surface area contributed by atoms with E-state index in [1.165, 1.54) is 0 Å². The van der Waals surface area contributed by atoms with E-state index in [9.17, 15) is 0 Å². The molecule has 0 radical (unpaired) electrons. The predicted octanol–water partition coefficient (Wildman–Crippen LogP) is 1.33. The van der Waals surface area contributed by atoms with Crippen LogP contribution in [0.1, 0.15) is 26.2 Å². The highest BCUT2D eigenvalue weighted by Gasteiger charge is 2.08. The molecule has 0 atom stereocenters. The first-order valence-corrected chi connectivity index (χ1v) is 9.25. The van der Waals surface area contributed by atoms with E-state index < -0.39 is 0 Å². The average Bonchev–Trinajstić information content (AvgIpc) is 2.61. The molecular weight excluding hydrogens is 435 g/mol. The summed E-state index contributed by atoms with van der Waals surface area (Å²) in [6.07, 6.45) is 3.21. The van der Waals surface area contributed by atoms with E-state index in [-0.39, 0.29) is 24.0 Å². The highest BCUT2D eigenvalue weighted by atomic mass is 127. The van der Waals surface area contributed by atoms with E-state index in [2.05, 4.69) is 27.4 Å². The summed E-state index contributed by atoms with van der Waals surface area (Å²) in [7, 11) is 1.69. The molecule has 0 aromatic heterocycles. The minimum Gasteiger partial charge on any atom is -0.382 e. The zero-order chi connectivity index (χ0) is 17.3. The minimum absolute atomic E-state index is 0. The van der Waals surface area contributed by atoms with Crippen LogP contribution in [-0.2, 0) is 14.2 Å². The van der Waals surface area contributed by atoms with Crippen molar-refractivity contribution in [1.82, 2.24) is 15.5 Å². The summed E-state index contributed by atoms with van der Waals surface area (Å²) in [6.45, 7) is 11.8. The lowest BCUT2D eigenvalue weighted by atomic mass is 10.3. The molecular formula is C17H37IN4O3. The van der Waals surface area contributed by atoms with Gasteiger partial charge in [-0.25, -0.2) is 0 Å². The van der Waals surface area contributed by atoms with Crippen LogP contribution in [0.15, 0.2) is 4.99 Å². The monoisotopic (exact) mass is 472 g/mol. The number of halogens is 1. The first-order chi connectivity index (χ1) is 11.9. The molecule has 1 heterocycles. The molecule has 0 amide bonds. The van der Waals surface area contributed by atoms with Crippen molar-refractivity contribution in [1.29, 1.82) is 0 Å². The highest BCUT2D eigenvalue weighted by molar-refractivity contribution is 14.0. The third-order valence-electron chi connectivity index (χ3n) is 3.79. The molecule has 2 N–H and O–H groups in total. The normalized spacial score (nSPS) is 15.7. The number of morpholine rings is 1. The minimum atomic E-state index is 0. The van der Waals surface area contributed by atoms with Gasteiger partial charge in [-0.15, -0.1) is 24.0 Å². The van der Waals surface area contributed by atoms with Gasteiger partial charge in [0.2, 0.25) is 0 Å². The van der Waals surface area contributed by atoms with Crippen LogP contribution in [0, 0.1) is 0 Å². The van der Waals surface area contributed by atoms with E-state index in [0.717, 1.165) is 84.3 Å². The molecule has 1 fully saturated rings. The zero-order valence-corrected chi connectivity index (χ0v) is 18.3. The molecule has 0 saturated carbocycles. The second-order valence-corrected chi connectivity index (χ2v) is 5.81. The largest absolute Gasteiger partial charge is 0.382 e. The zero-order valence-electron chi connectivity index (χ0n) is 15.9. The molecule has 0 aromatic rings. The Morgan fingerprint density at radius 2 is 1.88 bits per heavy atom. The number of nitrogens with zero attached hydrogens (tertiary/aromatic N) is 2. The molecule has 1 rings (SSSR count). The first-order valence-electron chi connectivity index (χ1n) is 9.25. The van der Waals surface area contributed by atoms with E-state index >= 15 is 0 Å². The van der Waals surface area contributed by atoms with Crippen LogP contribution >= 0.6 is 24.0 Å². The van der Waals surface area contributed by atoms with Gasteiger partial charge < -0.3 is 24.8 Å². The van der Waals surface area contributed by atoms with Crippen LogP contribution in [0.25, 0.3) is 0 Å². The Hall–Kier alpha value is -0.160. The Morgan fingerprint density at radius 3 is 2.60 bits per heavy atom. The number of guanidine groups is 1. The number of methoxy groups -OCH3 is 1. The van der Waals surface area contributed by atoms with E-state index in [1.54, 1.807) is 7.11 Å². The summed E-state index contributed by atoms with van der Waals surface area (Å²) in [5.74, 6) is 0.916. The summed E-state index contributed by atoms with van der Waals surface area (Å²) in [5.41, 5.74) is 0. The summed E-state index contributed by atoms with van der Waals surface area (Å²) in [4.78, 5) is 7.09. The van der Waals surface area contributed by atoms with Crippen molar-refractivity contribution in [2.24, 2.45) is 4.99 Å². The van der Waals surface area contributed by atoms with Gasteiger partial charge in [0, 0.05) is 53.0 Å². The molecule has 1 aliphatic heterocycles. The third kappa shape index (κ3) is 14.7. The van der Waals surface area contributed by atoms with Gasteiger partial charge in [-0.2, -0.15) is 0 Å². The predicted molar refractivity (Wildman–Crippen MR) is 113 cm³/mol. The fourth-order valence-electron chi connectivity index (χ4n) is 2.43. The van der Waals surface area contributed by atoms with E-state index in [0.29, 0.717) is 13.2 Å². The van der Waals surface area contributed by atoms with E-state index in [1.807, 2.05) is 0 Å². The molecule has 150 valence electrons. The second kappa shape index (κ2) is 18.6. The van der Waals surface area contributed by atoms with Crippen molar-refractivity contribution in [3.63, 3.8) is 0 Å². The van der Waals surface area contributed by atoms with Crippen molar-refractivity contribution in [2.45, 2.75) is 26.2 Å². The van der Waals surface area contributed by atoms with E-state index in [4.69, 9.17) is 14.2 Å². The van der Waals surface area contributed by atoms with Gasteiger partial charge >= 0.3 is 0 Å². The molecule has 0 aromatic carbocycles. The molecule has 1 saturated heterocycles. The fourth-order valence-corrected chi connectivity index (χ4v) is 2.43. The Labute approximate surface area is 170 Å². The standard InChI is InChI=1S/C17H36N4O3.HI/c1-3-18-17(19-7-4-5-12-23-16-15-22-2)20-8-6-9-21-10-13-24-14-11-21;/h3-16H2,1-2H3,(H2,18,19,20);1H. The van der Waals surface area contributed by atoms with Crippen LogP contribution in [0.2, 0.25) is 0 Å². The van der Waals surface area contributed by atoms with Gasteiger partial charge in [0.15, 0.2) is 5.96 Å². The molecule has 0 spiro atoms. The maximum atomic E-state index is 5.45. The topological polar surface area (TPSA) is 67.4 Å². The molecule has 0 bridgehead atoms. The number of hydrogen-bond donors (Lipinski definition) is 2. The van der Waals surface area contributed by atoms with Crippen molar-refractivity contribution in [2.75, 3.05) is 79.4 Å². The van der Waals surface area contributed by atoms with Gasteiger partial charge in [0.05, 0.1) is 26.4 Å². The van der Waals surface area contributed by atoms with Gasteiger partial charge in [0.25, 0.3) is 0 Å². The number of rotatable bonds is 13. The van der Waals surface area contributed by atoms with Gasteiger partial charge in [-0.1, -0.05) is 0 Å². The summed E-state index contributed by atoms with van der Waals surface area (Å²) >= 11 is 0. The second-order valence-electron chi connectivity index (χ2n) is 5.81. The molecule has 8 heteroatoms. The Bertz CT molecular complexity index is 316. The molecule has 0 unspecified atom stereocenters. The third-order valence-corrected chi connectivity index (χ3v) is 3.79. The van der Waals surface area contributed by atoms with Crippen LogP contribution < -0.4 is 10.6 Å². The SMILES string of the molecule is CCNC(=NCCCN1CCOCC1)NCCCCOCCOC.I. The smallest absolute Gasteiger partial charge is 0.191 e. The van der Waals surface area contributed by atoms with Crippen molar-refractivity contribution in [3.8, 4) is 0 Å². The number of ether oxygens (including phenoxy) is 3. The van der Waals surface area contributed by atoms with Crippen LogP contribution in [0.4, 0.5) is 0 Å². The maximum Gasteiger partial charge on any atom is 0.191 e. The molecule has 7 nitrogen and oxygen atoms in total. The Kier molecular flexibility index (Phi) is 18.5. The van der Waals surface area contributed by atoms with Crippen LogP contribution in [-0.4, -0.2) is 90.3 Å². The number of nitrogens with one attached hydrogen (secondary N) is 2. The molecule has 25 heavy (non-hydrogen) atoms. The Balaban J connectivity index is 0.00000576. The number of hydrogen-bond acceptors (Lipinski definition) is 5. The molecule has 1 aliphatic rings. The highest BCUT2D eigenvalue weighted by Crippen LogP contribution is 1.98. The van der Waals surface area contributed by atoms with Gasteiger partial charge in [0.1, 0.15) is 0 Å². The number of aliphatic imine (C=N–C) groups is 1. The summed E-state index contributed by atoms with van der Waals surface area (Å²) in [5, 5.41) is 6.68. The quantitative estimate of drug-likeness (QED) is 0.183. The summed E-state index contributed by atoms with van der Waals surface area (Å²) < 4.78 is 15.8. The molecule has 0 aliphatic carbocycles. The lowest BCUT2D eigenvalue weighted by Crippen LogP contribution is -2.38. The van der Waals surface area contributed by atoms with Gasteiger partial charge in [-0.05, 0) is 26.2 Å². The van der Waals surface area contributed by atoms with Crippen LogP contribution in [0.5, 0.6) is 0 Å². The van der Waals surface area contributed by atoms with Crippen molar-refractivity contribution >= 4 is 29.9 Å². The van der Waals surface area contributed by atoms with Gasteiger partial charge in [-0.3, -0.25) is 9.89 Å². The number of unbranched alkanes of at least 4 members (excludes halogenated alkanes) is 1. The Morgan fingerprint density at radius 1 is 1.08 bits per heavy atom. The van der Waals surface area contributed by atoms with Crippen molar-refractivity contribution in [3.05, 3.63) is 0 Å². The summed E-state index contributed by atoms with van der Waals surface area (Å²) in [6, 6.07) is 0. The lowest BCUT2D eigenvalue weighted by Gasteiger charge is -2.26. The average molecular weight is 472 g/mol. The lowest BCUT2D eigenvalue weighted by molar-refractivity contribution is 0.0377. The fraction of sp³-hybridized carbons (Fsp3) is 0.941. The first kappa shape index (κ1) is 24.8. The van der Waals surface area contributed by atoms with Crippen LogP contribution in [0.3, 0.4) is 0 Å².